The molecule has 0 spiro atoms. The Labute approximate surface area is 194 Å². The summed E-state index contributed by atoms with van der Waals surface area (Å²) >= 11 is 0. The van der Waals surface area contributed by atoms with E-state index < -0.39 is 0 Å². The van der Waals surface area contributed by atoms with Crippen molar-refractivity contribution >= 4 is 23.8 Å². The highest BCUT2D eigenvalue weighted by atomic mass is 16.5. The lowest BCUT2D eigenvalue weighted by atomic mass is 9.95. The lowest BCUT2D eigenvalue weighted by Crippen LogP contribution is -2.45. The normalized spacial score (nSPS) is 15.7. The van der Waals surface area contributed by atoms with Crippen LogP contribution in [0.1, 0.15) is 65.4 Å². The Morgan fingerprint density at radius 2 is 1.84 bits per heavy atom. The third-order valence-electron chi connectivity index (χ3n) is 5.65. The van der Waals surface area contributed by atoms with E-state index in [4.69, 9.17) is 10.5 Å². The van der Waals surface area contributed by atoms with Crippen molar-refractivity contribution in [1.82, 2.24) is 4.90 Å². The van der Waals surface area contributed by atoms with Crippen molar-refractivity contribution in [3.05, 3.63) is 23.8 Å². The minimum Gasteiger partial charge on any atom is -0.469 e. The van der Waals surface area contributed by atoms with Crippen LogP contribution in [0.2, 0.25) is 0 Å². The molecule has 0 saturated carbocycles. The van der Waals surface area contributed by atoms with Crippen LogP contribution in [0.25, 0.3) is 0 Å². The van der Waals surface area contributed by atoms with Crippen LogP contribution in [0.3, 0.4) is 0 Å². The van der Waals surface area contributed by atoms with Gasteiger partial charge in [0.2, 0.25) is 0 Å². The van der Waals surface area contributed by atoms with Gasteiger partial charge in [-0.2, -0.15) is 0 Å². The molecule has 1 aromatic rings. The van der Waals surface area contributed by atoms with Gasteiger partial charge in [0.1, 0.15) is 0 Å². The van der Waals surface area contributed by atoms with Gasteiger partial charge in [0.05, 0.1) is 31.0 Å². The quantitative estimate of drug-likeness (QED) is 0.346. The fourth-order valence-electron chi connectivity index (χ4n) is 3.85. The summed E-state index contributed by atoms with van der Waals surface area (Å²) in [6.45, 7) is 13.9. The molecule has 1 heterocycles. The smallest absolute Gasteiger partial charge is 0.306 e. The van der Waals surface area contributed by atoms with Crippen LogP contribution in [0.4, 0.5) is 11.4 Å². The van der Waals surface area contributed by atoms with Gasteiger partial charge in [0.25, 0.3) is 6.47 Å². The monoisotopic (exact) mass is 449 g/mol. The summed E-state index contributed by atoms with van der Waals surface area (Å²) < 4.78 is 9.15. The molecule has 182 valence electrons. The Balaban J connectivity index is 0.000000751. The number of nitrogens with two attached hydrogens (primary N) is 1. The van der Waals surface area contributed by atoms with Crippen LogP contribution in [0, 0.1) is 5.92 Å². The van der Waals surface area contributed by atoms with Gasteiger partial charge in [-0.15, -0.1) is 0 Å². The number of likely N-dealkylation sites (tertiary alicyclic amines) is 1. The molecule has 0 radical (unpaired) electrons. The van der Waals surface area contributed by atoms with E-state index in [1.54, 1.807) is 13.8 Å². The van der Waals surface area contributed by atoms with Crippen molar-refractivity contribution in [1.29, 1.82) is 0 Å². The van der Waals surface area contributed by atoms with Gasteiger partial charge < -0.3 is 25.0 Å². The number of hydrogen-bond acceptors (Lipinski definition) is 7. The summed E-state index contributed by atoms with van der Waals surface area (Å²) in [5.74, 6) is 0.487. The summed E-state index contributed by atoms with van der Waals surface area (Å²) in [7, 11) is 3.62. The molecule has 0 aromatic heterocycles. The van der Waals surface area contributed by atoms with Crippen molar-refractivity contribution in [2.24, 2.45) is 5.92 Å². The van der Waals surface area contributed by atoms with E-state index >= 15 is 0 Å². The standard InChI is InChI=1S/C21H35N3O2.C4H8O2/c1-15(2)14-24(18-8-10-23(4)11-9-18)20-7-6-17(13-19(20)22)16(3)12-21(25)26-5;1-4(2)6-3-5/h6-7,13,15-16,18H,8-12,14,22H2,1-5H3;3-4H,1-2H3. The topological polar surface area (TPSA) is 85.1 Å². The van der Waals surface area contributed by atoms with Crippen LogP contribution >= 0.6 is 0 Å². The molecule has 0 amide bonds. The lowest BCUT2D eigenvalue weighted by Gasteiger charge is -2.40. The Bertz CT molecular complexity index is 700. The molecule has 2 rings (SSSR count). The van der Waals surface area contributed by atoms with E-state index in [0.29, 0.717) is 24.9 Å². The van der Waals surface area contributed by atoms with Crippen molar-refractivity contribution < 1.29 is 19.1 Å². The molecule has 0 aliphatic carbocycles. The summed E-state index contributed by atoms with van der Waals surface area (Å²) in [5.41, 5.74) is 9.48. The largest absolute Gasteiger partial charge is 0.469 e. The van der Waals surface area contributed by atoms with Gasteiger partial charge in [-0.3, -0.25) is 9.59 Å². The second kappa shape index (κ2) is 14.0. The molecular formula is C25H43N3O4. The van der Waals surface area contributed by atoms with E-state index in [0.717, 1.165) is 36.6 Å². The molecule has 7 nitrogen and oxygen atoms in total. The number of esters is 1. The van der Waals surface area contributed by atoms with E-state index in [2.05, 4.69) is 47.6 Å². The fourth-order valence-corrected chi connectivity index (χ4v) is 3.85. The first-order chi connectivity index (χ1) is 15.1. The van der Waals surface area contributed by atoms with Crippen LogP contribution in [-0.4, -0.2) is 63.3 Å². The summed E-state index contributed by atoms with van der Waals surface area (Å²) in [6, 6.07) is 6.82. The van der Waals surface area contributed by atoms with E-state index in [1.807, 2.05) is 13.0 Å². The fraction of sp³-hybridized carbons (Fsp3) is 0.680. The highest BCUT2D eigenvalue weighted by molar-refractivity contribution is 5.72. The summed E-state index contributed by atoms with van der Waals surface area (Å²) in [6.07, 6.45) is 2.74. The molecule has 1 aromatic carbocycles. The molecule has 1 aliphatic heterocycles. The minimum atomic E-state index is -0.187. The van der Waals surface area contributed by atoms with E-state index in [9.17, 15) is 9.59 Å². The average Bonchev–Trinajstić information content (AvgIpc) is 2.73. The number of methoxy groups -OCH3 is 1. The van der Waals surface area contributed by atoms with Crippen LogP contribution in [0.15, 0.2) is 18.2 Å². The maximum absolute atomic E-state index is 11.5. The average molecular weight is 450 g/mol. The zero-order chi connectivity index (χ0) is 24.3. The molecule has 1 aliphatic rings. The van der Waals surface area contributed by atoms with Gasteiger partial charge >= 0.3 is 5.97 Å². The molecule has 2 N–H and O–H groups in total. The molecule has 1 unspecified atom stereocenters. The third-order valence-corrected chi connectivity index (χ3v) is 5.65. The first-order valence-electron chi connectivity index (χ1n) is 11.6. The van der Waals surface area contributed by atoms with Gasteiger partial charge in [-0.25, -0.2) is 0 Å². The van der Waals surface area contributed by atoms with Gasteiger partial charge in [0, 0.05) is 12.6 Å². The highest BCUT2D eigenvalue weighted by Gasteiger charge is 2.25. The predicted octanol–water partition coefficient (Wildman–Crippen LogP) is 4.06. The molecule has 0 bridgehead atoms. The van der Waals surface area contributed by atoms with E-state index in [-0.39, 0.29) is 18.0 Å². The first-order valence-corrected chi connectivity index (χ1v) is 11.6. The van der Waals surface area contributed by atoms with Crippen molar-refractivity contribution in [3.8, 4) is 0 Å². The van der Waals surface area contributed by atoms with Gasteiger partial charge in [-0.05, 0) is 76.4 Å². The van der Waals surface area contributed by atoms with Crippen molar-refractivity contribution in [2.75, 3.05) is 44.4 Å². The number of benzene rings is 1. The minimum absolute atomic E-state index is 0.0301. The SMILES string of the molecule is CC(C)OC=O.COC(=O)CC(C)c1ccc(N(CC(C)C)C2CCN(C)CC2)c(N)c1. The molecule has 32 heavy (non-hydrogen) atoms. The number of nitrogen functional groups attached to an aromatic ring is 1. The zero-order valence-corrected chi connectivity index (χ0v) is 21.0. The Hall–Kier alpha value is -2.28. The van der Waals surface area contributed by atoms with Crippen molar-refractivity contribution in [3.63, 3.8) is 0 Å². The van der Waals surface area contributed by atoms with Crippen LogP contribution < -0.4 is 10.6 Å². The van der Waals surface area contributed by atoms with Crippen LogP contribution in [-0.2, 0) is 19.1 Å². The number of anilines is 2. The second-order valence-corrected chi connectivity index (χ2v) is 9.36. The molecule has 1 saturated heterocycles. The molecule has 1 atom stereocenters. The number of rotatable bonds is 9. The number of ether oxygens (including phenoxy) is 2. The van der Waals surface area contributed by atoms with Crippen LogP contribution in [0.5, 0.6) is 0 Å². The second-order valence-electron chi connectivity index (χ2n) is 9.36. The number of nitrogens with zero attached hydrogens (tertiary/aromatic N) is 2. The number of carbonyl (C=O) groups is 2. The molecule has 1 fully saturated rings. The summed E-state index contributed by atoms with van der Waals surface area (Å²) in [4.78, 5) is 25.8. The summed E-state index contributed by atoms with van der Waals surface area (Å²) in [5, 5.41) is 0. The molecule has 7 heteroatoms. The predicted molar refractivity (Wildman–Crippen MR) is 131 cm³/mol. The Morgan fingerprint density at radius 3 is 2.28 bits per heavy atom. The Morgan fingerprint density at radius 1 is 1.22 bits per heavy atom. The maximum atomic E-state index is 11.5. The Kier molecular flexibility index (Phi) is 12.1. The first kappa shape index (κ1) is 27.8. The molecular weight excluding hydrogens is 406 g/mol. The number of carbonyl (C=O) groups excluding carboxylic acids is 2. The third kappa shape index (κ3) is 9.47. The lowest BCUT2D eigenvalue weighted by molar-refractivity contribution is -0.141. The van der Waals surface area contributed by atoms with Gasteiger partial charge in [-0.1, -0.05) is 26.8 Å². The maximum Gasteiger partial charge on any atom is 0.306 e. The number of piperidine rings is 1. The van der Waals surface area contributed by atoms with Crippen molar-refractivity contribution in [2.45, 2.75) is 71.9 Å². The van der Waals surface area contributed by atoms with E-state index in [1.165, 1.54) is 20.0 Å². The zero-order valence-electron chi connectivity index (χ0n) is 21.0. The highest BCUT2D eigenvalue weighted by Crippen LogP contribution is 2.32. The number of hydrogen-bond donors (Lipinski definition) is 1. The van der Waals surface area contributed by atoms with Gasteiger partial charge in [0.15, 0.2) is 0 Å².